The van der Waals surface area contributed by atoms with Crippen LogP contribution in [0.3, 0.4) is 0 Å². The smallest absolute Gasteiger partial charge is 0.140 e. The maximum Gasteiger partial charge on any atom is 0.140 e. The fraction of sp³-hybridized carbons (Fsp3) is 0.615. The summed E-state index contributed by atoms with van der Waals surface area (Å²) in [6.07, 6.45) is 4.46. The Bertz CT molecular complexity index is 368. The highest BCUT2D eigenvalue weighted by molar-refractivity contribution is 5.35. The molecule has 1 aromatic heterocycles. The van der Waals surface area contributed by atoms with E-state index in [0.717, 1.165) is 32.2 Å². The number of nitrogens with zero attached hydrogens (tertiary/aromatic N) is 2. The molecule has 0 aromatic carbocycles. The molecule has 2 rings (SSSR count). The average Bonchev–Trinajstić information content (AvgIpc) is 3.19. The Morgan fingerprint density at radius 2 is 2.39 bits per heavy atom. The molecular weight excluding hydrogens is 228 g/mol. The van der Waals surface area contributed by atoms with Crippen molar-refractivity contribution < 1.29 is 4.74 Å². The molecule has 0 bridgehead atoms. The van der Waals surface area contributed by atoms with Crippen LogP contribution in [0.15, 0.2) is 18.3 Å². The number of hydrogen-bond donors (Lipinski definition) is 2. The largest absolute Gasteiger partial charge is 0.380 e. The fourth-order valence-electron chi connectivity index (χ4n) is 1.80. The average molecular weight is 250 g/mol. The quantitative estimate of drug-likeness (QED) is 0.413. The van der Waals surface area contributed by atoms with Crippen molar-refractivity contribution in [2.24, 2.45) is 11.8 Å². The topological polar surface area (TPSA) is 63.4 Å². The first-order chi connectivity index (χ1) is 8.78. The zero-order valence-electron chi connectivity index (χ0n) is 10.9. The molecular formula is C13H22N4O. The molecule has 5 nitrogen and oxygen atoms in total. The third-order valence-corrected chi connectivity index (χ3v) is 3.09. The highest BCUT2D eigenvalue weighted by Gasteiger charge is 2.20. The number of nitrogens with one attached hydrogen (secondary N) is 1. The molecule has 0 radical (unpaired) electrons. The van der Waals surface area contributed by atoms with Gasteiger partial charge in [0.1, 0.15) is 5.82 Å². The van der Waals surface area contributed by atoms with Gasteiger partial charge in [-0.25, -0.2) is 10.8 Å². The van der Waals surface area contributed by atoms with Gasteiger partial charge in [-0.15, -0.1) is 0 Å². The molecule has 0 spiro atoms. The maximum absolute atomic E-state index is 5.62. The van der Waals surface area contributed by atoms with Gasteiger partial charge in [-0.3, -0.25) is 4.90 Å². The van der Waals surface area contributed by atoms with Gasteiger partial charge in [0.05, 0.1) is 6.61 Å². The van der Waals surface area contributed by atoms with Crippen molar-refractivity contribution in [2.45, 2.75) is 19.4 Å². The van der Waals surface area contributed by atoms with Gasteiger partial charge in [-0.1, -0.05) is 0 Å². The Labute approximate surface area is 108 Å². The summed E-state index contributed by atoms with van der Waals surface area (Å²) in [5.74, 6) is 6.88. The van der Waals surface area contributed by atoms with Crippen LogP contribution in [-0.4, -0.2) is 36.7 Å². The summed E-state index contributed by atoms with van der Waals surface area (Å²) in [4.78, 5) is 6.33. The van der Waals surface area contributed by atoms with Gasteiger partial charge < -0.3 is 10.2 Å². The predicted molar refractivity (Wildman–Crippen MR) is 71.9 cm³/mol. The molecule has 100 valence electrons. The van der Waals surface area contributed by atoms with Gasteiger partial charge in [-0.05, 0) is 43.5 Å². The molecule has 1 fully saturated rings. The Balaban J connectivity index is 1.66. The summed E-state index contributed by atoms with van der Waals surface area (Å²) < 4.78 is 5.62. The van der Waals surface area contributed by atoms with E-state index in [1.165, 1.54) is 18.4 Å². The lowest BCUT2D eigenvalue weighted by atomic mass is 10.2. The van der Waals surface area contributed by atoms with Crippen molar-refractivity contribution in [2.75, 3.05) is 32.2 Å². The van der Waals surface area contributed by atoms with Crippen LogP contribution < -0.4 is 11.3 Å². The van der Waals surface area contributed by atoms with Crippen LogP contribution in [0, 0.1) is 5.92 Å². The van der Waals surface area contributed by atoms with E-state index in [1.807, 2.05) is 12.1 Å². The first kappa shape index (κ1) is 13.3. The van der Waals surface area contributed by atoms with Crippen LogP contribution in [0.25, 0.3) is 0 Å². The molecule has 0 unspecified atom stereocenters. The van der Waals surface area contributed by atoms with Gasteiger partial charge in [0.15, 0.2) is 0 Å². The maximum atomic E-state index is 5.62. The molecule has 3 N–H and O–H groups in total. The highest BCUT2D eigenvalue weighted by atomic mass is 16.5. The van der Waals surface area contributed by atoms with Crippen LogP contribution in [-0.2, 0) is 11.3 Å². The summed E-state index contributed by atoms with van der Waals surface area (Å²) in [5, 5.41) is 0. The SMILES string of the molecule is CN(CCOCC1CC1)Cc1ccnc(NN)c1. The van der Waals surface area contributed by atoms with Crippen molar-refractivity contribution in [1.29, 1.82) is 0 Å². The number of rotatable bonds is 8. The fourth-order valence-corrected chi connectivity index (χ4v) is 1.80. The number of pyridine rings is 1. The van der Waals surface area contributed by atoms with E-state index in [-0.39, 0.29) is 0 Å². The summed E-state index contributed by atoms with van der Waals surface area (Å²) in [5.41, 5.74) is 3.75. The van der Waals surface area contributed by atoms with Crippen molar-refractivity contribution >= 4 is 5.82 Å². The number of nitrogens with two attached hydrogens (primary N) is 1. The standard InChI is InChI=1S/C13H22N4O/c1-17(6-7-18-10-11-2-3-11)9-12-4-5-15-13(8-12)16-14/h4-5,8,11H,2-3,6-7,9-10,14H2,1H3,(H,15,16). The minimum atomic E-state index is 0.700. The third-order valence-electron chi connectivity index (χ3n) is 3.09. The Hall–Kier alpha value is -1.17. The van der Waals surface area contributed by atoms with E-state index >= 15 is 0 Å². The second kappa shape index (κ2) is 6.68. The van der Waals surface area contributed by atoms with Crippen LogP contribution in [0.2, 0.25) is 0 Å². The molecule has 1 aromatic rings. The van der Waals surface area contributed by atoms with Crippen LogP contribution in [0.5, 0.6) is 0 Å². The van der Waals surface area contributed by atoms with E-state index in [9.17, 15) is 0 Å². The lowest BCUT2D eigenvalue weighted by molar-refractivity contribution is 0.102. The molecule has 1 aliphatic carbocycles. The number of likely N-dealkylation sites (N-methyl/N-ethyl adjacent to an activating group) is 1. The molecule has 1 saturated carbocycles. The Morgan fingerprint density at radius 1 is 1.56 bits per heavy atom. The van der Waals surface area contributed by atoms with Crippen molar-refractivity contribution in [3.8, 4) is 0 Å². The van der Waals surface area contributed by atoms with E-state index in [1.54, 1.807) is 6.20 Å². The van der Waals surface area contributed by atoms with Crippen molar-refractivity contribution in [1.82, 2.24) is 9.88 Å². The second-order valence-corrected chi connectivity index (χ2v) is 4.95. The minimum absolute atomic E-state index is 0.700. The molecule has 0 saturated heterocycles. The number of nitrogen functional groups attached to an aromatic ring is 1. The third kappa shape index (κ3) is 4.60. The highest BCUT2D eigenvalue weighted by Crippen LogP contribution is 2.28. The minimum Gasteiger partial charge on any atom is -0.380 e. The van der Waals surface area contributed by atoms with Crippen molar-refractivity contribution in [3.63, 3.8) is 0 Å². The Morgan fingerprint density at radius 3 is 3.11 bits per heavy atom. The molecule has 18 heavy (non-hydrogen) atoms. The first-order valence-electron chi connectivity index (χ1n) is 6.46. The Kier molecular flexibility index (Phi) is 4.92. The van der Waals surface area contributed by atoms with Gasteiger partial charge in [0, 0.05) is 25.9 Å². The number of hydrogen-bond acceptors (Lipinski definition) is 5. The molecule has 1 heterocycles. The molecule has 0 atom stereocenters. The zero-order valence-corrected chi connectivity index (χ0v) is 10.9. The molecule has 0 amide bonds. The number of aromatic nitrogens is 1. The summed E-state index contributed by atoms with van der Waals surface area (Å²) >= 11 is 0. The normalized spacial score (nSPS) is 15.1. The molecule has 5 heteroatoms. The van der Waals surface area contributed by atoms with E-state index < -0.39 is 0 Å². The molecule has 0 aliphatic heterocycles. The van der Waals surface area contributed by atoms with Crippen LogP contribution in [0.4, 0.5) is 5.82 Å². The van der Waals surface area contributed by atoms with Crippen LogP contribution >= 0.6 is 0 Å². The predicted octanol–water partition coefficient (Wildman–Crippen LogP) is 1.23. The summed E-state index contributed by atoms with van der Waals surface area (Å²) in [7, 11) is 2.09. The monoisotopic (exact) mass is 250 g/mol. The van der Waals surface area contributed by atoms with Gasteiger partial charge in [0.2, 0.25) is 0 Å². The van der Waals surface area contributed by atoms with Gasteiger partial charge in [-0.2, -0.15) is 0 Å². The van der Waals surface area contributed by atoms with E-state index in [0.29, 0.717) is 5.82 Å². The lowest BCUT2D eigenvalue weighted by Crippen LogP contribution is -2.23. The number of ether oxygens (including phenoxy) is 1. The van der Waals surface area contributed by atoms with E-state index in [2.05, 4.69) is 22.4 Å². The molecule has 1 aliphatic rings. The van der Waals surface area contributed by atoms with Crippen LogP contribution in [0.1, 0.15) is 18.4 Å². The lowest BCUT2D eigenvalue weighted by Gasteiger charge is -2.17. The summed E-state index contributed by atoms with van der Waals surface area (Å²) in [6, 6.07) is 3.96. The first-order valence-corrected chi connectivity index (χ1v) is 6.46. The van der Waals surface area contributed by atoms with E-state index in [4.69, 9.17) is 10.6 Å². The van der Waals surface area contributed by atoms with Gasteiger partial charge in [0.25, 0.3) is 0 Å². The van der Waals surface area contributed by atoms with Crippen molar-refractivity contribution in [3.05, 3.63) is 23.9 Å². The second-order valence-electron chi connectivity index (χ2n) is 4.95. The summed E-state index contributed by atoms with van der Waals surface area (Å²) in [6.45, 7) is 3.56. The number of anilines is 1. The number of hydrazine groups is 1. The zero-order chi connectivity index (χ0) is 12.8. The van der Waals surface area contributed by atoms with Gasteiger partial charge >= 0.3 is 0 Å².